The molecule has 0 unspecified atom stereocenters. The average molecular weight is 292 g/mol. The third kappa shape index (κ3) is 3.46. The van der Waals surface area contributed by atoms with Gasteiger partial charge in [0.15, 0.2) is 0 Å². The van der Waals surface area contributed by atoms with Gasteiger partial charge in [-0.05, 0) is 19.1 Å². The van der Waals surface area contributed by atoms with E-state index in [2.05, 4.69) is 0 Å². The number of hydrogen-bond donors (Lipinski definition) is 1. The van der Waals surface area contributed by atoms with Crippen molar-refractivity contribution in [2.45, 2.75) is 13.1 Å². The monoisotopic (exact) mass is 292 g/mol. The van der Waals surface area contributed by atoms with Gasteiger partial charge in [0.1, 0.15) is 5.82 Å². The highest BCUT2D eigenvalue weighted by Crippen LogP contribution is 2.32. The number of primary amides is 1. The summed E-state index contributed by atoms with van der Waals surface area (Å²) in [5.74, 6) is -3.52. The molecule has 0 bridgehead atoms. The number of hydrogen-bond acceptors (Lipinski definition) is 2. The van der Waals surface area contributed by atoms with Crippen molar-refractivity contribution in [3.8, 4) is 0 Å². The normalized spacial score (nSPS) is 11.2. The second-order valence-electron chi connectivity index (χ2n) is 3.95. The first-order valence-corrected chi connectivity index (χ1v) is 5.61. The maximum Gasteiger partial charge on any atom is 0.419 e. The Labute approximate surface area is 112 Å². The molecule has 0 aliphatic heterocycles. The van der Waals surface area contributed by atoms with Gasteiger partial charge in [0.05, 0.1) is 17.7 Å². The SMILES string of the molecule is CCN(CC(N)=O)C(=O)c1cccc(C(F)(F)F)c1F. The molecule has 8 heteroatoms. The molecule has 110 valence electrons. The van der Waals surface area contributed by atoms with E-state index in [1.807, 2.05) is 0 Å². The number of amides is 2. The van der Waals surface area contributed by atoms with E-state index in [4.69, 9.17) is 5.73 Å². The lowest BCUT2D eigenvalue weighted by molar-refractivity contribution is -0.140. The number of carbonyl (C=O) groups is 2. The number of likely N-dealkylation sites (N-methyl/N-ethyl adjacent to an activating group) is 1. The van der Waals surface area contributed by atoms with Gasteiger partial charge in [0, 0.05) is 6.54 Å². The summed E-state index contributed by atoms with van der Waals surface area (Å²) in [5.41, 5.74) is 2.64. The number of halogens is 4. The van der Waals surface area contributed by atoms with Crippen LogP contribution in [0.2, 0.25) is 0 Å². The van der Waals surface area contributed by atoms with Crippen LogP contribution >= 0.6 is 0 Å². The Morgan fingerprint density at radius 3 is 2.35 bits per heavy atom. The summed E-state index contributed by atoms with van der Waals surface area (Å²) in [7, 11) is 0. The number of alkyl halides is 3. The van der Waals surface area contributed by atoms with Crippen molar-refractivity contribution in [1.82, 2.24) is 4.90 Å². The van der Waals surface area contributed by atoms with Crippen molar-refractivity contribution >= 4 is 11.8 Å². The summed E-state index contributed by atoms with van der Waals surface area (Å²) < 4.78 is 51.4. The molecule has 0 fully saturated rings. The van der Waals surface area contributed by atoms with Gasteiger partial charge in [-0.15, -0.1) is 0 Å². The third-order valence-corrected chi connectivity index (χ3v) is 2.55. The minimum atomic E-state index is -4.90. The number of carbonyl (C=O) groups excluding carboxylic acids is 2. The van der Waals surface area contributed by atoms with E-state index >= 15 is 0 Å². The van der Waals surface area contributed by atoms with Crippen molar-refractivity contribution in [3.05, 3.63) is 35.1 Å². The van der Waals surface area contributed by atoms with Gasteiger partial charge in [0.2, 0.25) is 5.91 Å². The zero-order chi connectivity index (χ0) is 15.5. The summed E-state index contributed by atoms with van der Waals surface area (Å²) >= 11 is 0. The highest BCUT2D eigenvalue weighted by molar-refractivity contribution is 5.96. The van der Waals surface area contributed by atoms with Crippen LogP contribution in [0, 0.1) is 5.82 Å². The van der Waals surface area contributed by atoms with Crippen LogP contribution in [-0.4, -0.2) is 29.8 Å². The molecule has 1 aromatic rings. The van der Waals surface area contributed by atoms with Crippen molar-refractivity contribution in [1.29, 1.82) is 0 Å². The molecule has 0 aliphatic rings. The van der Waals surface area contributed by atoms with Gasteiger partial charge in [-0.25, -0.2) is 4.39 Å². The second kappa shape index (κ2) is 5.89. The fourth-order valence-corrected chi connectivity index (χ4v) is 1.60. The zero-order valence-electron chi connectivity index (χ0n) is 10.5. The molecule has 0 aromatic heterocycles. The van der Waals surface area contributed by atoms with Crippen molar-refractivity contribution in [2.75, 3.05) is 13.1 Å². The maximum absolute atomic E-state index is 13.8. The lowest BCUT2D eigenvalue weighted by Crippen LogP contribution is -2.38. The molecule has 0 saturated carbocycles. The van der Waals surface area contributed by atoms with Gasteiger partial charge < -0.3 is 10.6 Å². The molecule has 0 heterocycles. The molecular formula is C12H12F4N2O2. The van der Waals surface area contributed by atoms with Crippen molar-refractivity contribution in [3.63, 3.8) is 0 Å². The molecular weight excluding hydrogens is 280 g/mol. The van der Waals surface area contributed by atoms with Crippen molar-refractivity contribution in [2.24, 2.45) is 5.73 Å². The van der Waals surface area contributed by atoms with Crippen LogP contribution in [0.1, 0.15) is 22.8 Å². The fraction of sp³-hybridized carbons (Fsp3) is 0.333. The summed E-state index contributed by atoms with van der Waals surface area (Å²) in [4.78, 5) is 23.6. The largest absolute Gasteiger partial charge is 0.419 e. The quantitative estimate of drug-likeness (QED) is 0.860. The molecule has 0 atom stereocenters. The molecule has 4 nitrogen and oxygen atoms in total. The fourth-order valence-electron chi connectivity index (χ4n) is 1.60. The number of nitrogens with two attached hydrogens (primary N) is 1. The number of rotatable bonds is 4. The van der Waals surface area contributed by atoms with E-state index in [1.54, 1.807) is 0 Å². The second-order valence-corrected chi connectivity index (χ2v) is 3.95. The molecule has 0 spiro atoms. The predicted molar refractivity (Wildman–Crippen MR) is 62.2 cm³/mol. The third-order valence-electron chi connectivity index (χ3n) is 2.55. The van der Waals surface area contributed by atoms with Crippen LogP contribution in [0.15, 0.2) is 18.2 Å². The lowest BCUT2D eigenvalue weighted by Gasteiger charge is -2.20. The van der Waals surface area contributed by atoms with Gasteiger partial charge in [-0.3, -0.25) is 9.59 Å². The molecule has 2 N–H and O–H groups in total. The molecule has 1 rings (SSSR count). The Morgan fingerprint density at radius 2 is 1.90 bits per heavy atom. The zero-order valence-corrected chi connectivity index (χ0v) is 10.5. The van der Waals surface area contributed by atoms with Crippen LogP contribution in [0.4, 0.5) is 17.6 Å². The first kappa shape index (κ1) is 15.9. The summed E-state index contributed by atoms with van der Waals surface area (Å²) in [6.07, 6.45) is -4.90. The van der Waals surface area contributed by atoms with Crippen LogP contribution in [0.5, 0.6) is 0 Å². The first-order chi connectivity index (χ1) is 9.18. The van der Waals surface area contributed by atoms with Crippen LogP contribution in [-0.2, 0) is 11.0 Å². The maximum atomic E-state index is 13.8. The first-order valence-electron chi connectivity index (χ1n) is 5.61. The predicted octanol–water partition coefficient (Wildman–Crippen LogP) is 1.79. The van der Waals surface area contributed by atoms with E-state index in [-0.39, 0.29) is 6.54 Å². The van der Waals surface area contributed by atoms with Crippen LogP contribution in [0.25, 0.3) is 0 Å². The standard InChI is InChI=1S/C12H12F4N2O2/c1-2-18(6-9(17)19)11(20)7-4-3-5-8(10(7)13)12(14,15)16/h3-5H,2,6H2,1H3,(H2,17,19). The van der Waals surface area contributed by atoms with Crippen molar-refractivity contribution < 1.29 is 27.2 Å². The topological polar surface area (TPSA) is 63.4 Å². The lowest BCUT2D eigenvalue weighted by atomic mass is 10.1. The minimum absolute atomic E-state index is 0.0114. The molecule has 1 aromatic carbocycles. The Balaban J connectivity index is 3.20. The smallest absolute Gasteiger partial charge is 0.368 e. The highest BCUT2D eigenvalue weighted by atomic mass is 19.4. The highest BCUT2D eigenvalue weighted by Gasteiger charge is 2.36. The Morgan fingerprint density at radius 1 is 1.30 bits per heavy atom. The van der Waals surface area contributed by atoms with E-state index in [9.17, 15) is 27.2 Å². The summed E-state index contributed by atoms with van der Waals surface area (Å²) in [6, 6.07) is 2.39. The van der Waals surface area contributed by atoms with Crippen LogP contribution < -0.4 is 5.73 Å². The minimum Gasteiger partial charge on any atom is -0.368 e. The van der Waals surface area contributed by atoms with E-state index in [0.717, 1.165) is 17.0 Å². The summed E-state index contributed by atoms with van der Waals surface area (Å²) in [5, 5.41) is 0. The number of benzene rings is 1. The Bertz CT molecular complexity index is 529. The van der Waals surface area contributed by atoms with Gasteiger partial charge in [0.25, 0.3) is 5.91 Å². The van der Waals surface area contributed by atoms with E-state index in [0.29, 0.717) is 6.07 Å². The van der Waals surface area contributed by atoms with E-state index < -0.39 is 41.5 Å². The molecule has 0 aliphatic carbocycles. The molecule has 0 radical (unpaired) electrons. The van der Waals surface area contributed by atoms with Crippen LogP contribution in [0.3, 0.4) is 0 Å². The molecule has 2 amide bonds. The molecule has 20 heavy (non-hydrogen) atoms. The Hall–Kier alpha value is -2.12. The van der Waals surface area contributed by atoms with Gasteiger partial charge >= 0.3 is 6.18 Å². The number of nitrogens with zero attached hydrogens (tertiary/aromatic N) is 1. The molecule has 0 saturated heterocycles. The summed E-state index contributed by atoms with van der Waals surface area (Å²) in [6.45, 7) is 1.01. The average Bonchev–Trinajstić information content (AvgIpc) is 2.33. The van der Waals surface area contributed by atoms with Gasteiger partial charge in [-0.1, -0.05) is 6.07 Å². The van der Waals surface area contributed by atoms with E-state index in [1.165, 1.54) is 6.92 Å². The van der Waals surface area contributed by atoms with Gasteiger partial charge in [-0.2, -0.15) is 13.2 Å². The Kier molecular flexibility index (Phi) is 4.69.